The molecular weight excluding hydrogens is 194 g/mol. The zero-order valence-corrected chi connectivity index (χ0v) is 11.6. The topological polar surface area (TPSA) is 12.0 Å². The molecule has 0 spiro atoms. The second-order valence-electron chi connectivity index (χ2n) is 5.74. The van der Waals surface area contributed by atoms with Gasteiger partial charge in [-0.05, 0) is 43.6 Å². The van der Waals surface area contributed by atoms with E-state index >= 15 is 0 Å². The number of nitrogens with one attached hydrogen (secondary N) is 1. The van der Waals surface area contributed by atoms with Crippen LogP contribution in [0.1, 0.15) is 72.1 Å². The second-order valence-corrected chi connectivity index (χ2v) is 5.74. The summed E-state index contributed by atoms with van der Waals surface area (Å²) in [6, 6.07) is 0. The van der Waals surface area contributed by atoms with Crippen LogP contribution < -0.4 is 5.32 Å². The number of rotatable bonds is 8. The summed E-state index contributed by atoms with van der Waals surface area (Å²) < 4.78 is 0. The molecule has 0 aromatic carbocycles. The standard InChI is InChI=1S/C15H31N/c1-4-11-16-13-15(5-2,6-3)12-14-9-7-8-10-14/h14,16H,4-13H2,1-3H3. The van der Waals surface area contributed by atoms with Crippen LogP contribution in [-0.4, -0.2) is 13.1 Å². The first-order chi connectivity index (χ1) is 7.76. The summed E-state index contributed by atoms with van der Waals surface area (Å²) in [5.74, 6) is 1.03. The molecule has 0 saturated heterocycles. The van der Waals surface area contributed by atoms with E-state index in [0.717, 1.165) is 5.92 Å². The molecule has 1 fully saturated rings. The lowest BCUT2D eigenvalue weighted by molar-refractivity contribution is 0.188. The lowest BCUT2D eigenvalue weighted by Crippen LogP contribution is -2.35. The molecule has 1 rings (SSSR count). The summed E-state index contributed by atoms with van der Waals surface area (Å²) in [7, 11) is 0. The van der Waals surface area contributed by atoms with Gasteiger partial charge in [-0.3, -0.25) is 0 Å². The molecule has 1 heteroatoms. The van der Waals surface area contributed by atoms with Crippen LogP contribution in [0.3, 0.4) is 0 Å². The highest BCUT2D eigenvalue weighted by molar-refractivity contribution is 4.83. The van der Waals surface area contributed by atoms with Gasteiger partial charge < -0.3 is 5.32 Å². The number of hydrogen-bond donors (Lipinski definition) is 1. The number of hydrogen-bond acceptors (Lipinski definition) is 1. The van der Waals surface area contributed by atoms with E-state index in [1.807, 2.05) is 0 Å². The van der Waals surface area contributed by atoms with Gasteiger partial charge in [-0.15, -0.1) is 0 Å². The summed E-state index contributed by atoms with van der Waals surface area (Å²) in [5, 5.41) is 3.65. The minimum Gasteiger partial charge on any atom is -0.316 e. The minimum absolute atomic E-state index is 0.587. The molecule has 96 valence electrons. The van der Waals surface area contributed by atoms with Crippen molar-refractivity contribution in [1.29, 1.82) is 0 Å². The summed E-state index contributed by atoms with van der Waals surface area (Å²) in [6.45, 7) is 9.44. The third kappa shape index (κ3) is 4.08. The van der Waals surface area contributed by atoms with Crippen molar-refractivity contribution in [3.8, 4) is 0 Å². The van der Waals surface area contributed by atoms with E-state index in [4.69, 9.17) is 0 Å². The smallest absolute Gasteiger partial charge is 0.000770 e. The summed E-state index contributed by atoms with van der Waals surface area (Å²) in [6.07, 6.45) is 11.4. The van der Waals surface area contributed by atoms with Gasteiger partial charge >= 0.3 is 0 Å². The first-order valence-corrected chi connectivity index (χ1v) is 7.47. The zero-order valence-electron chi connectivity index (χ0n) is 11.6. The van der Waals surface area contributed by atoms with Crippen molar-refractivity contribution in [1.82, 2.24) is 5.32 Å². The Morgan fingerprint density at radius 2 is 1.69 bits per heavy atom. The van der Waals surface area contributed by atoms with Gasteiger partial charge in [0, 0.05) is 6.54 Å². The maximum absolute atomic E-state index is 3.65. The fourth-order valence-corrected chi connectivity index (χ4v) is 3.22. The summed E-state index contributed by atoms with van der Waals surface area (Å²) >= 11 is 0. The van der Waals surface area contributed by atoms with Gasteiger partial charge in [0.05, 0.1) is 0 Å². The van der Waals surface area contributed by atoms with E-state index in [1.54, 1.807) is 0 Å². The fraction of sp³-hybridized carbons (Fsp3) is 1.00. The molecule has 0 unspecified atom stereocenters. The van der Waals surface area contributed by atoms with Gasteiger partial charge in [-0.2, -0.15) is 0 Å². The Balaban J connectivity index is 2.41. The van der Waals surface area contributed by atoms with Crippen molar-refractivity contribution in [3.63, 3.8) is 0 Å². The third-order valence-corrected chi connectivity index (χ3v) is 4.62. The Hall–Kier alpha value is -0.0400. The van der Waals surface area contributed by atoms with Crippen molar-refractivity contribution in [2.75, 3.05) is 13.1 Å². The van der Waals surface area contributed by atoms with Gasteiger partial charge in [0.2, 0.25) is 0 Å². The first-order valence-electron chi connectivity index (χ1n) is 7.47. The largest absolute Gasteiger partial charge is 0.316 e. The van der Waals surface area contributed by atoms with Crippen LogP contribution in [0, 0.1) is 11.3 Å². The maximum atomic E-state index is 3.65. The summed E-state index contributed by atoms with van der Waals surface area (Å²) in [4.78, 5) is 0. The SMILES string of the molecule is CCCNCC(CC)(CC)CC1CCCC1. The van der Waals surface area contributed by atoms with E-state index in [2.05, 4.69) is 26.1 Å². The summed E-state index contributed by atoms with van der Waals surface area (Å²) in [5.41, 5.74) is 0.587. The van der Waals surface area contributed by atoms with E-state index in [9.17, 15) is 0 Å². The van der Waals surface area contributed by atoms with Crippen molar-refractivity contribution in [3.05, 3.63) is 0 Å². The molecule has 0 aromatic rings. The molecule has 1 aliphatic rings. The fourth-order valence-electron chi connectivity index (χ4n) is 3.22. The predicted octanol–water partition coefficient (Wildman–Crippen LogP) is 4.37. The van der Waals surface area contributed by atoms with Crippen LogP contribution in [-0.2, 0) is 0 Å². The van der Waals surface area contributed by atoms with Gasteiger partial charge in [-0.25, -0.2) is 0 Å². The van der Waals surface area contributed by atoms with E-state index in [0.29, 0.717) is 5.41 Å². The van der Waals surface area contributed by atoms with Crippen LogP contribution in [0.2, 0.25) is 0 Å². The Labute approximate surface area is 102 Å². The Bertz CT molecular complexity index is 166. The van der Waals surface area contributed by atoms with Crippen LogP contribution in [0.15, 0.2) is 0 Å². The zero-order chi connectivity index (χ0) is 11.9. The molecule has 1 saturated carbocycles. The predicted molar refractivity (Wildman–Crippen MR) is 72.8 cm³/mol. The van der Waals surface area contributed by atoms with E-state index < -0.39 is 0 Å². The van der Waals surface area contributed by atoms with Gasteiger partial charge in [0.1, 0.15) is 0 Å². The molecule has 0 radical (unpaired) electrons. The van der Waals surface area contributed by atoms with Crippen LogP contribution in [0.5, 0.6) is 0 Å². The van der Waals surface area contributed by atoms with Crippen LogP contribution in [0.25, 0.3) is 0 Å². The molecule has 0 aliphatic heterocycles. The molecule has 1 nitrogen and oxygen atoms in total. The molecular formula is C15H31N. The highest BCUT2D eigenvalue weighted by Gasteiger charge is 2.30. The van der Waals surface area contributed by atoms with Crippen molar-refractivity contribution in [2.45, 2.75) is 72.1 Å². The lowest BCUT2D eigenvalue weighted by Gasteiger charge is -2.34. The highest BCUT2D eigenvalue weighted by Crippen LogP contribution is 2.39. The van der Waals surface area contributed by atoms with Gasteiger partial charge in [0.25, 0.3) is 0 Å². The maximum Gasteiger partial charge on any atom is 0.000770 e. The molecule has 1 aliphatic carbocycles. The van der Waals surface area contributed by atoms with Crippen LogP contribution in [0.4, 0.5) is 0 Å². The molecule has 0 atom stereocenters. The average molecular weight is 225 g/mol. The molecule has 0 heterocycles. The lowest BCUT2D eigenvalue weighted by atomic mass is 9.74. The average Bonchev–Trinajstić information content (AvgIpc) is 2.81. The molecule has 16 heavy (non-hydrogen) atoms. The normalized spacial score (nSPS) is 18.2. The van der Waals surface area contributed by atoms with E-state index in [1.165, 1.54) is 64.5 Å². The Kier molecular flexibility index (Phi) is 6.41. The van der Waals surface area contributed by atoms with Gasteiger partial charge in [0.15, 0.2) is 0 Å². The molecule has 0 bridgehead atoms. The van der Waals surface area contributed by atoms with Crippen molar-refractivity contribution in [2.24, 2.45) is 11.3 Å². The third-order valence-electron chi connectivity index (χ3n) is 4.62. The Morgan fingerprint density at radius 1 is 1.06 bits per heavy atom. The quantitative estimate of drug-likeness (QED) is 0.605. The molecule has 0 amide bonds. The van der Waals surface area contributed by atoms with Crippen LogP contribution >= 0.6 is 0 Å². The highest BCUT2D eigenvalue weighted by atomic mass is 14.9. The minimum atomic E-state index is 0.587. The molecule has 0 aromatic heterocycles. The monoisotopic (exact) mass is 225 g/mol. The molecule has 1 N–H and O–H groups in total. The van der Waals surface area contributed by atoms with E-state index in [-0.39, 0.29) is 0 Å². The van der Waals surface area contributed by atoms with Crippen molar-refractivity contribution < 1.29 is 0 Å². The Morgan fingerprint density at radius 3 is 2.19 bits per heavy atom. The van der Waals surface area contributed by atoms with Gasteiger partial charge in [-0.1, -0.05) is 46.5 Å². The second kappa shape index (κ2) is 7.32. The van der Waals surface area contributed by atoms with Crippen molar-refractivity contribution >= 4 is 0 Å². The first kappa shape index (κ1) is 14.0.